The van der Waals surface area contributed by atoms with Crippen LogP contribution in [0.1, 0.15) is 18.1 Å². The Balaban J connectivity index is 1.83. The normalized spacial score (nSPS) is 11.5. The highest BCUT2D eigenvalue weighted by Crippen LogP contribution is 2.29. The number of hydrogen-bond donors (Lipinski definition) is 3. The lowest BCUT2D eigenvalue weighted by Crippen LogP contribution is -2.36. The maximum Gasteiger partial charge on any atom is 0.313 e. The summed E-state index contributed by atoms with van der Waals surface area (Å²) in [5.74, 6) is -0.600. The summed E-state index contributed by atoms with van der Waals surface area (Å²) in [6.45, 7) is 0.190. The first kappa shape index (κ1) is 18.8. The molecule has 134 valence electrons. The van der Waals surface area contributed by atoms with Crippen LogP contribution in [0.2, 0.25) is 0 Å². The molecule has 1 atom stereocenters. The maximum absolute atomic E-state index is 11.9. The molecule has 1 aromatic carbocycles. The van der Waals surface area contributed by atoms with E-state index in [1.807, 2.05) is 16.8 Å². The summed E-state index contributed by atoms with van der Waals surface area (Å²) in [4.78, 5) is 23.7. The number of carbonyl (C=O) groups excluding carboxylic acids is 2. The van der Waals surface area contributed by atoms with E-state index in [0.29, 0.717) is 23.6 Å². The van der Waals surface area contributed by atoms with E-state index in [1.54, 1.807) is 18.2 Å². The fourth-order valence-corrected chi connectivity index (χ4v) is 2.84. The van der Waals surface area contributed by atoms with Crippen LogP contribution in [0.25, 0.3) is 0 Å². The lowest BCUT2D eigenvalue weighted by Gasteiger charge is -2.11. The fourth-order valence-electron chi connectivity index (χ4n) is 2.14. The third-order valence-corrected chi connectivity index (χ3v) is 4.18. The van der Waals surface area contributed by atoms with Crippen LogP contribution in [-0.2, 0) is 9.59 Å². The van der Waals surface area contributed by atoms with Crippen molar-refractivity contribution >= 4 is 28.8 Å². The summed E-state index contributed by atoms with van der Waals surface area (Å²) >= 11 is 1.49. The number of nitrogens with one attached hydrogen (secondary N) is 2. The van der Waals surface area contributed by atoms with E-state index >= 15 is 0 Å². The number of rotatable bonds is 7. The lowest BCUT2D eigenvalue weighted by atomic mass is 10.1. The van der Waals surface area contributed by atoms with E-state index in [-0.39, 0.29) is 6.54 Å². The molecule has 8 heteroatoms. The van der Waals surface area contributed by atoms with Gasteiger partial charge in [-0.3, -0.25) is 9.59 Å². The third-order valence-electron chi connectivity index (χ3n) is 3.48. The summed E-state index contributed by atoms with van der Waals surface area (Å²) in [6.07, 6.45) is -0.341. The van der Waals surface area contributed by atoms with Crippen LogP contribution in [0.4, 0.5) is 5.69 Å². The number of amides is 2. The van der Waals surface area contributed by atoms with Gasteiger partial charge in [0, 0.05) is 18.3 Å². The first-order valence-electron chi connectivity index (χ1n) is 7.56. The van der Waals surface area contributed by atoms with Crippen LogP contribution in [-0.4, -0.2) is 37.7 Å². The van der Waals surface area contributed by atoms with Gasteiger partial charge in [0.05, 0.1) is 20.3 Å². The zero-order valence-corrected chi connectivity index (χ0v) is 14.8. The number of thiophene rings is 1. The number of aliphatic hydroxyl groups excluding tert-OH is 1. The van der Waals surface area contributed by atoms with Crippen molar-refractivity contribution in [3.63, 3.8) is 0 Å². The van der Waals surface area contributed by atoms with Crippen LogP contribution in [0.15, 0.2) is 35.0 Å². The molecule has 1 heterocycles. The zero-order chi connectivity index (χ0) is 18.2. The van der Waals surface area contributed by atoms with Gasteiger partial charge >= 0.3 is 11.8 Å². The maximum atomic E-state index is 11.9. The lowest BCUT2D eigenvalue weighted by molar-refractivity contribution is -0.136. The zero-order valence-electron chi connectivity index (χ0n) is 13.9. The van der Waals surface area contributed by atoms with Gasteiger partial charge in [-0.05, 0) is 40.9 Å². The Morgan fingerprint density at radius 2 is 1.92 bits per heavy atom. The average Bonchev–Trinajstić information content (AvgIpc) is 3.16. The smallest absolute Gasteiger partial charge is 0.313 e. The molecule has 3 N–H and O–H groups in total. The Labute approximate surface area is 149 Å². The summed E-state index contributed by atoms with van der Waals surface area (Å²) in [5, 5.41) is 18.6. The molecule has 25 heavy (non-hydrogen) atoms. The Bertz CT molecular complexity index is 718. The largest absolute Gasteiger partial charge is 0.493 e. The molecule has 0 fully saturated rings. The predicted molar refractivity (Wildman–Crippen MR) is 95.1 cm³/mol. The van der Waals surface area contributed by atoms with Crippen LogP contribution >= 0.6 is 11.3 Å². The highest BCUT2D eigenvalue weighted by Gasteiger charge is 2.15. The average molecular weight is 364 g/mol. The Hall–Kier alpha value is -2.58. The first-order valence-corrected chi connectivity index (χ1v) is 8.50. The fraction of sp³-hybridized carbons (Fsp3) is 0.294. The molecule has 2 aromatic rings. The number of methoxy groups -OCH3 is 2. The van der Waals surface area contributed by atoms with Crippen molar-refractivity contribution in [2.45, 2.75) is 12.5 Å². The highest BCUT2D eigenvalue weighted by molar-refractivity contribution is 7.07. The van der Waals surface area contributed by atoms with Gasteiger partial charge in [0.2, 0.25) is 0 Å². The molecule has 0 bridgehead atoms. The first-order chi connectivity index (χ1) is 12.0. The van der Waals surface area contributed by atoms with E-state index < -0.39 is 17.9 Å². The van der Waals surface area contributed by atoms with Crippen LogP contribution in [0.5, 0.6) is 11.5 Å². The van der Waals surface area contributed by atoms with Gasteiger partial charge in [-0.2, -0.15) is 11.3 Å². The van der Waals surface area contributed by atoms with Crippen LogP contribution in [0, 0.1) is 0 Å². The van der Waals surface area contributed by atoms with Crippen molar-refractivity contribution in [3.05, 3.63) is 40.6 Å². The second-order valence-electron chi connectivity index (χ2n) is 5.14. The second-order valence-corrected chi connectivity index (χ2v) is 5.92. The molecule has 7 nitrogen and oxygen atoms in total. The Kier molecular flexibility index (Phi) is 6.79. The van der Waals surface area contributed by atoms with E-state index in [2.05, 4.69) is 10.6 Å². The standard InChI is InChI=1S/C17H20N2O5S/c1-23-14-4-3-12(9-15(14)24-2)19-17(22)16(21)18-7-5-13(20)11-6-8-25-10-11/h3-4,6,8-10,13,20H,5,7H2,1-2H3,(H,18,21)(H,19,22). The van der Waals surface area contributed by atoms with E-state index in [4.69, 9.17) is 9.47 Å². The van der Waals surface area contributed by atoms with E-state index in [9.17, 15) is 14.7 Å². The minimum atomic E-state index is -0.794. The highest BCUT2D eigenvalue weighted by atomic mass is 32.1. The molecule has 0 aliphatic heterocycles. The molecule has 0 saturated carbocycles. The topological polar surface area (TPSA) is 96.9 Å². The summed E-state index contributed by atoms with van der Waals surface area (Å²) in [5.41, 5.74) is 1.21. The van der Waals surface area contributed by atoms with E-state index in [0.717, 1.165) is 5.56 Å². The predicted octanol–water partition coefficient (Wildman–Crippen LogP) is 1.94. The van der Waals surface area contributed by atoms with E-state index in [1.165, 1.54) is 25.6 Å². The van der Waals surface area contributed by atoms with Gasteiger partial charge in [0.1, 0.15) is 0 Å². The van der Waals surface area contributed by atoms with Crippen molar-refractivity contribution in [2.75, 3.05) is 26.1 Å². The second kappa shape index (κ2) is 9.05. The van der Waals surface area contributed by atoms with Gasteiger partial charge in [0.15, 0.2) is 11.5 Å². The van der Waals surface area contributed by atoms with Crippen LogP contribution in [0.3, 0.4) is 0 Å². The number of ether oxygens (including phenoxy) is 2. The number of aliphatic hydroxyl groups is 1. The molecule has 0 aliphatic rings. The molecule has 0 radical (unpaired) electrons. The number of benzene rings is 1. The van der Waals surface area contributed by atoms with Crippen molar-refractivity contribution in [2.24, 2.45) is 0 Å². The van der Waals surface area contributed by atoms with Gasteiger partial charge in [0.25, 0.3) is 0 Å². The number of hydrogen-bond acceptors (Lipinski definition) is 6. The van der Waals surface area contributed by atoms with Gasteiger partial charge in [-0.15, -0.1) is 0 Å². The molecular weight excluding hydrogens is 344 g/mol. The van der Waals surface area contributed by atoms with Gasteiger partial charge in [-0.25, -0.2) is 0 Å². The minimum Gasteiger partial charge on any atom is -0.493 e. The SMILES string of the molecule is COc1ccc(NC(=O)C(=O)NCCC(O)c2ccsc2)cc1OC. The third kappa shape index (κ3) is 5.20. The van der Waals surface area contributed by atoms with Crippen molar-refractivity contribution < 1.29 is 24.2 Å². The Morgan fingerprint density at radius 3 is 2.56 bits per heavy atom. The molecule has 1 unspecified atom stereocenters. The Morgan fingerprint density at radius 1 is 1.16 bits per heavy atom. The monoisotopic (exact) mass is 364 g/mol. The summed E-state index contributed by atoms with van der Waals surface area (Å²) < 4.78 is 10.3. The molecule has 1 aromatic heterocycles. The van der Waals surface area contributed by atoms with Crippen molar-refractivity contribution in [1.82, 2.24) is 5.32 Å². The van der Waals surface area contributed by atoms with Crippen LogP contribution < -0.4 is 20.1 Å². The molecule has 0 spiro atoms. The molecule has 2 amide bonds. The number of carbonyl (C=O) groups is 2. The number of anilines is 1. The molecule has 0 aliphatic carbocycles. The van der Waals surface area contributed by atoms with Crippen molar-refractivity contribution in [3.8, 4) is 11.5 Å². The summed E-state index contributed by atoms with van der Waals surface area (Å²) in [7, 11) is 2.99. The molecular formula is C17H20N2O5S. The van der Waals surface area contributed by atoms with Crippen molar-refractivity contribution in [1.29, 1.82) is 0 Å². The van der Waals surface area contributed by atoms with Gasteiger partial charge < -0.3 is 25.2 Å². The minimum absolute atomic E-state index is 0.190. The van der Waals surface area contributed by atoms with Gasteiger partial charge in [-0.1, -0.05) is 0 Å². The molecule has 0 saturated heterocycles. The molecule has 2 rings (SSSR count). The quantitative estimate of drug-likeness (QED) is 0.653. The summed E-state index contributed by atoms with van der Waals surface area (Å²) in [6, 6.07) is 6.61.